The summed E-state index contributed by atoms with van der Waals surface area (Å²) >= 11 is 0. The molecular weight excluding hydrogens is 608 g/mol. The fraction of sp³-hybridized carbons (Fsp3) is 0.0541. The number of hydrogen-bond acceptors (Lipinski definition) is 9. The molecule has 9 nitrogen and oxygen atoms in total. The van der Waals surface area contributed by atoms with Crippen LogP contribution in [0.25, 0.3) is 33.4 Å². The summed E-state index contributed by atoms with van der Waals surface area (Å²) in [6, 6.07) is 27.5. The van der Waals surface area contributed by atoms with E-state index in [0.29, 0.717) is 0 Å². The third-order valence-corrected chi connectivity index (χ3v) is 7.49. The van der Waals surface area contributed by atoms with Gasteiger partial charge in [0.05, 0.1) is 33.9 Å². The summed E-state index contributed by atoms with van der Waals surface area (Å²) in [5.41, 5.74) is -4.41. The lowest BCUT2D eigenvalue weighted by Crippen LogP contribution is -2.35. The number of nitrogens with zero attached hydrogens (tertiary/aromatic N) is 9. The van der Waals surface area contributed by atoms with Gasteiger partial charge in [0.25, 0.3) is 5.92 Å². The molecule has 0 aliphatic heterocycles. The Kier molecular flexibility index (Phi) is 9.06. The zero-order valence-electron chi connectivity index (χ0n) is 24.6. The van der Waals surface area contributed by atoms with Crippen LogP contribution in [-0.2, 0) is 5.92 Å². The van der Waals surface area contributed by atoms with E-state index >= 15 is 8.78 Å². The molecule has 0 atom stereocenters. The first-order valence-corrected chi connectivity index (χ1v) is 13.4. The Labute approximate surface area is 272 Å². The van der Waals surface area contributed by atoms with E-state index in [1.165, 1.54) is 37.3 Å². The van der Waals surface area contributed by atoms with Gasteiger partial charge in [0.1, 0.15) is 59.7 Å². The predicted octanol–water partition coefficient (Wildman–Crippen LogP) is 5.22. The standard InChI is InChI=1S/C37H13F2N9/c1-21-32(23-4-6-25(13-41)27(10-23)15-43)35(30(19-47)20-48)36(37(38,39)31-8-2-22(12-40)3-9-31)34(33(21)29(17-45)18-46)24-5-7-26(14-42)28(11-24)16-44/h2-11H,1H3. The number of alkyl halides is 2. The van der Waals surface area contributed by atoms with Gasteiger partial charge in [0.2, 0.25) is 0 Å². The molecule has 0 N–H and O–H groups in total. The molecule has 0 aromatic heterocycles. The van der Waals surface area contributed by atoms with Crippen LogP contribution in [0.4, 0.5) is 8.78 Å². The third kappa shape index (κ3) is 5.38. The van der Waals surface area contributed by atoms with Gasteiger partial charge in [-0.25, -0.2) is 0 Å². The highest BCUT2D eigenvalue weighted by Gasteiger charge is 2.41. The van der Waals surface area contributed by atoms with Crippen LogP contribution in [0.5, 0.6) is 0 Å². The van der Waals surface area contributed by atoms with E-state index in [9.17, 15) is 47.4 Å². The van der Waals surface area contributed by atoms with Crippen LogP contribution in [0.2, 0.25) is 0 Å². The second-order valence-corrected chi connectivity index (χ2v) is 9.93. The molecule has 0 radical (unpaired) electrons. The van der Waals surface area contributed by atoms with Crippen molar-refractivity contribution < 1.29 is 8.78 Å². The van der Waals surface area contributed by atoms with E-state index in [-0.39, 0.29) is 55.3 Å². The highest BCUT2D eigenvalue weighted by atomic mass is 19.3. The summed E-state index contributed by atoms with van der Waals surface area (Å²) in [7, 11) is 0. The van der Waals surface area contributed by atoms with Gasteiger partial charge < -0.3 is 0 Å². The van der Waals surface area contributed by atoms with E-state index in [0.717, 1.165) is 30.3 Å². The maximum absolute atomic E-state index is 17.3. The first-order chi connectivity index (χ1) is 23.1. The first-order valence-electron chi connectivity index (χ1n) is 13.4. The molecular formula is C37H13F2N9. The van der Waals surface area contributed by atoms with Gasteiger partial charge in [-0.3, -0.25) is 0 Å². The second-order valence-electron chi connectivity index (χ2n) is 9.93. The Hall–Kier alpha value is -8.11. The summed E-state index contributed by atoms with van der Waals surface area (Å²) in [5.74, 6) is -4.13. The predicted molar refractivity (Wildman–Crippen MR) is 164 cm³/mol. The monoisotopic (exact) mass is 621 g/mol. The highest BCUT2D eigenvalue weighted by Crippen LogP contribution is 2.41. The molecule has 220 valence electrons. The van der Waals surface area contributed by atoms with Crippen LogP contribution in [0.1, 0.15) is 44.5 Å². The lowest BCUT2D eigenvalue weighted by atomic mass is 9.80. The number of hydrogen-bond donors (Lipinski definition) is 0. The van der Waals surface area contributed by atoms with E-state index in [1.54, 1.807) is 24.3 Å². The zero-order chi connectivity index (χ0) is 35.2. The number of halogens is 2. The Morgan fingerprint density at radius 2 is 0.958 bits per heavy atom. The summed E-state index contributed by atoms with van der Waals surface area (Å²) in [6.45, 7) is 1.38. The van der Waals surface area contributed by atoms with Crippen molar-refractivity contribution in [2.45, 2.75) is 12.8 Å². The highest BCUT2D eigenvalue weighted by molar-refractivity contribution is 5.90. The Bertz CT molecular complexity index is 2560. The Morgan fingerprint density at radius 3 is 1.38 bits per heavy atom. The van der Waals surface area contributed by atoms with Crippen molar-refractivity contribution >= 4 is 11.1 Å². The molecule has 0 aliphatic carbocycles. The van der Waals surface area contributed by atoms with E-state index in [2.05, 4.69) is 0 Å². The smallest absolute Gasteiger partial charge is 0.196 e. The summed E-state index contributed by atoms with van der Waals surface area (Å²) in [6.07, 6.45) is 0. The Balaban J connectivity index is 2.54. The molecule has 0 amide bonds. The second kappa shape index (κ2) is 13.3. The topological polar surface area (TPSA) is 214 Å². The maximum atomic E-state index is 17.3. The molecule has 0 heterocycles. The molecule has 4 aromatic carbocycles. The van der Waals surface area contributed by atoms with Crippen LogP contribution < -0.4 is 10.4 Å². The molecule has 4 aromatic rings. The normalized spacial score (nSPS) is 9.79. The largest absolute Gasteiger partial charge is 0.299 e. The van der Waals surface area contributed by atoms with Crippen LogP contribution >= 0.6 is 0 Å². The molecule has 11 heteroatoms. The first kappa shape index (κ1) is 32.8. The average Bonchev–Trinajstić information content (AvgIpc) is 3.12. The lowest BCUT2D eigenvalue weighted by molar-refractivity contribution is 0.0424. The van der Waals surface area contributed by atoms with Crippen molar-refractivity contribution in [2.75, 3.05) is 0 Å². The molecule has 0 saturated heterocycles. The van der Waals surface area contributed by atoms with Gasteiger partial charge >= 0.3 is 0 Å². The zero-order valence-corrected chi connectivity index (χ0v) is 24.6. The van der Waals surface area contributed by atoms with E-state index in [1.807, 2.05) is 30.3 Å². The van der Waals surface area contributed by atoms with Crippen LogP contribution in [0.15, 0.2) is 60.7 Å². The van der Waals surface area contributed by atoms with Crippen LogP contribution in [0, 0.1) is 109 Å². The van der Waals surface area contributed by atoms with Gasteiger partial charge in [-0.15, -0.1) is 0 Å². The molecule has 4 rings (SSSR count). The minimum absolute atomic E-state index is 0.0125. The summed E-state index contributed by atoms with van der Waals surface area (Å²) < 4.78 is 34.7. The van der Waals surface area contributed by atoms with E-state index in [4.69, 9.17) is 0 Å². The molecule has 0 bridgehead atoms. The maximum Gasteiger partial charge on any atom is 0.299 e. The SMILES string of the molecule is Cc1c(-c2ccc(C#N)c(C#N)c2)c(=C(C#N)C#N)c(C(F)(F)c2ccc(C#N)cc2)c(-c2ccc(C#N)c(C#N)c2)c1=C(C#N)C#N. The van der Waals surface area contributed by atoms with Gasteiger partial charge in [-0.1, -0.05) is 24.3 Å². The summed E-state index contributed by atoms with van der Waals surface area (Å²) in [5, 5.41) is 87.4. The fourth-order valence-corrected chi connectivity index (χ4v) is 5.35. The van der Waals surface area contributed by atoms with Crippen molar-refractivity contribution in [1.29, 1.82) is 47.4 Å². The number of benzene rings is 4. The third-order valence-electron chi connectivity index (χ3n) is 7.49. The van der Waals surface area contributed by atoms with Crippen molar-refractivity contribution in [3.05, 3.63) is 116 Å². The van der Waals surface area contributed by atoms with E-state index < -0.39 is 39.0 Å². The fourth-order valence-electron chi connectivity index (χ4n) is 5.35. The van der Waals surface area contributed by atoms with Crippen molar-refractivity contribution in [3.63, 3.8) is 0 Å². The molecule has 0 spiro atoms. The number of nitriles is 9. The van der Waals surface area contributed by atoms with Crippen LogP contribution in [-0.4, -0.2) is 0 Å². The minimum atomic E-state index is -4.13. The minimum Gasteiger partial charge on any atom is -0.196 e. The lowest BCUT2D eigenvalue weighted by Gasteiger charge is -2.26. The van der Waals surface area contributed by atoms with Crippen molar-refractivity contribution in [1.82, 2.24) is 0 Å². The van der Waals surface area contributed by atoms with Gasteiger partial charge in [0, 0.05) is 27.1 Å². The summed E-state index contributed by atoms with van der Waals surface area (Å²) in [4.78, 5) is 0. The van der Waals surface area contributed by atoms with Crippen molar-refractivity contribution in [3.8, 4) is 76.9 Å². The van der Waals surface area contributed by atoms with Gasteiger partial charge in [-0.05, 0) is 65.6 Å². The van der Waals surface area contributed by atoms with Crippen LogP contribution in [0.3, 0.4) is 0 Å². The van der Waals surface area contributed by atoms with Gasteiger partial charge in [-0.2, -0.15) is 56.1 Å². The Morgan fingerprint density at radius 1 is 0.521 bits per heavy atom. The van der Waals surface area contributed by atoms with Crippen molar-refractivity contribution in [2.24, 2.45) is 0 Å². The molecule has 48 heavy (non-hydrogen) atoms. The molecule has 0 saturated carbocycles. The van der Waals surface area contributed by atoms with Gasteiger partial charge in [0.15, 0.2) is 0 Å². The average molecular weight is 622 g/mol. The molecule has 0 aliphatic rings. The molecule has 0 fully saturated rings. The quantitative estimate of drug-likeness (QED) is 0.291. The number of rotatable bonds is 4. The molecule has 0 unspecified atom stereocenters.